The first-order valence-corrected chi connectivity index (χ1v) is 2.82. The summed E-state index contributed by atoms with van der Waals surface area (Å²) in [6, 6.07) is 0. The highest BCUT2D eigenvalue weighted by atomic mass is 19.3. The van der Waals surface area contributed by atoms with Gasteiger partial charge in [0.25, 0.3) is 0 Å². The summed E-state index contributed by atoms with van der Waals surface area (Å²) >= 11 is 0. The smallest absolute Gasteiger partial charge is 0.393 e. The van der Waals surface area contributed by atoms with Crippen LogP contribution in [0, 0.1) is 0 Å². The molecule has 0 radical (unpaired) electrons. The first-order valence-electron chi connectivity index (χ1n) is 2.82. The van der Waals surface area contributed by atoms with Gasteiger partial charge in [-0.3, -0.25) is 0 Å². The van der Waals surface area contributed by atoms with Crippen LogP contribution in [0.1, 0.15) is 6.92 Å². The molecule has 0 saturated carbocycles. The van der Waals surface area contributed by atoms with E-state index in [1.807, 2.05) is 0 Å². The van der Waals surface area contributed by atoms with Crippen molar-refractivity contribution in [2.45, 2.75) is 19.0 Å². The number of rotatable bonds is 3. The summed E-state index contributed by atoms with van der Waals surface area (Å²) in [7, 11) is 0. The summed E-state index contributed by atoms with van der Waals surface area (Å²) in [5, 5.41) is 0. The van der Waals surface area contributed by atoms with Crippen molar-refractivity contribution in [3.63, 3.8) is 0 Å². The van der Waals surface area contributed by atoms with E-state index in [2.05, 4.69) is 11.3 Å². The predicted molar refractivity (Wildman–Crippen MR) is 31.9 cm³/mol. The van der Waals surface area contributed by atoms with Crippen molar-refractivity contribution in [2.24, 2.45) is 0 Å². The molecule has 0 aromatic carbocycles. The van der Waals surface area contributed by atoms with E-state index in [4.69, 9.17) is 0 Å². The summed E-state index contributed by atoms with van der Waals surface area (Å²) in [5.41, 5.74) is 0. The lowest BCUT2D eigenvalue weighted by atomic mass is 10.4. The highest BCUT2D eigenvalue weighted by Crippen LogP contribution is 2.34. The molecule has 0 spiro atoms. The van der Waals surface area contributed by atoms with Gasteiger partial charge >= 0.3 is 18.0 Å². The standard InChI is InChI=1S/C6H6F4O2/c1-3-4(11)12-6(9,10)5(2,7)8/h3H,1H2,2H3. The average molecular weight is 186 g/mol. The Labute approximate surface area is 65.8 Å². The molecule has 6 heteroatoms. The number of hydrogen-bond donors (Lipinski definition) is 0. The highest BCUT2D eigenvalue weighted by Gasteiger charge is 2.56. The Kier molecular flexibility index (Phi) is 2.84. The fraction of sp³-hybridized carbons (Fsp3) is 0.500. The number of ether oxygens (including phenoxy) is 1. The number of esters is 1. The molecule has 0 N–H and O–H groups in total. The molecule has 0 atom stereocenters. The first kappa shape index (κ1) is 10.9. The Balaban J connectivity index is 4.43. The number of halogens is 4. The van der Waals surface area contributed by atoms with E-state index in [0.29, 0.717) is 6.08 Å². The van der Waals surface area contributed by atoms with Crippen molar-refractivity contribution in [1.29, 1.82) is 0 Å². The lowest BCUT2D eigenvalue weighted by molar-refractivity contribution is -0.322. The molecule has 2 nitrogen and oxygen atoms in total. The van der Waals surface area contributed by atoms with Crippen LogP contribution in [0.15, 0.2) is 12.7 Å². The van der Waals surface area contributed by atoms with Crippen molar-refractivity contribution >= 4 is 5.97 Å². The molecule has 0 heterocycles. The summed E-state index contributed by atoms with van der Waals surface area (Å²) in [6.45, 7) is 2.72. The SMILES string of the molecule is C=CC(=O)OC(F)(F)C(C)(F)F. The topological polar surface area (TPSA) is 26.3 Å². The van der Waals surface area contributed by atoms with Crippen molar-refractivity contribution in [3.8, 4) is 0 Å². The van der Waals surface area contributed by atoms with Crippen LogP contribution < -0.4 is 0 Å². The molecule has 0 unspecified atom stereocenters. The first-order chi connectivity index (χ1) is 5.20. The Morgan fingerprint density at radius 3 is 2.08 bits per heavy atom. The van der Waals surface area contributed by atoms with Gasteiger partial charge in [-0.1, -0.05) is 6.58 Å². The molecule has 0 rings (SSSR count). The zero-order chi connectivity index (χ0) is 9.99. The van der Waals surface area contributed by atoms with Gasteiger partial charge in [-0.2, -0.15) is 17.6 Å². The molecule has 0 saturated heterocycles. The van der Waals surface area contributed by atoms with Crippen LogP contribution >= 0.6 is 0 Å². The third-order valence-electron chi connectivity index (χ3n) is 0.906. The molecule has 0 amide bonds. The van der Waals surface area contributed by atoms with Gasteiger partial charge in [0.1, 0.15) is 0 Å². The Hall–Kier alpha value is -1.07. The zero-order valence-corrected chi connectivity index (χ0v) is 6.11. The molecular weight excluding hydrogens is 180 g/mol. The second-order valence-electron chi connectivity index (χ2n) is 2.03. The molecule has 0 aromatic heterocycles. The van der Waals surface area contributed by atoms with Crippen molar-refractivity contribution in [2.75, 3.05) is 0 Å². The van der Waals surface area contributed by atoms with Crippen LogP contribution in [0.25, 0.3) is 0 Å². The van der Waals surface area contributed by atoms with E-state index in [-0.39, 0.29) is 6.92 Å². The molecule has 0 fully saturated rings. The molecule has 0 aliphatic rings. The fourth-order valence-electron chi connectivity index (χ4n) is 0.258. The summed E-state index contributed by atoms with van der Waals surface area (Å²) in [5.74, 6) is -5.99. The van der Waals surface area contributed by atoms with Crippen LogP contribution in [0.2, 0.25) is 0 Å². The van der Waals surface area contributed by atoms with Gasteiger partial charge in [0.05, 0.1) is 0 Å². The second-order valence-corrected chi connectivity index (χ2v) is 2.03. The maximum atomic E-state index is 12.1. The number of alkyl halides is 4. The number of hydrogen-bond acceptors (Lipinski definition) is 2. The van der Waals surface area contributed by atoms with Crippen LogP contribution in [-0.2, 0) is 9.53 Å². The second kappa shape index (κ2) is 3.12. The number of carbonyl (C=O) groups excluding carboxylic acids is 1. The molecule has 0 aromatic rings. The molecular formula is C6H6F4O2. The van der Waals surface area contributed by atoms with Gasteiger partial charge in [-0.25, -0.2) is 4.79 Å². The third kappa shape index (κ3) is 2.52. The maximum Gasteiger partial charge on any atom is 0.466 e. The van der Waals surface area contributed by atoms with Gasteiger partial charge in [0.2, 0.25) is 0 Å². The van der Waals surface area contributed by atoms with E-state index in [0.717, 1.165) is 0 Å². The van der Waals surface area contributed by atoms with Crippen molar-refractivity contribution in [3.05, 3.63) is 12.7 Å². The van der Waals surface area contributed by atoms with Gasteiger partial charge < -0.3 is 4.74 Å². The summed E-state index contributed by atoms with van der Waals surface area (Å²) in [6.07, 6.45) is -4.42. The fourth-order valence-corrected chi connectivity index (χ4v) is 0.258. The quantitative estimate of drug-likeness (QED) is 0.382. The van der Waals surface area contributed by atoms with E-state index >= 15 is 0 Å². The maximum absolute atomic E-state index is 12.1. The van der Waals surface area contributed by atoms with E-state index in [1.54, 1.807) is 0 Å². The van der Waals surface area contributed by atoms with Crippen molar-refractivity contribution < 1.29 is 27.1 Å². The Morgan fingerprint density at radius 1 is 1.42 bits per heavy atom. The molecule has 12 heavy (non-hydrogen) atoms. The number of carbonyl (C=O) groups is 1. The van der Waals surface area contributed by atoms with E-state index < -0.39 is 18.0 Å². The van der Waals surface area contributed by atoms with Crippen LogP contribution in [0.3, 0.4) is 0 Å². The van der Waals surface area contributed by atoms with Crippen molar-refractivity contribution in [1.82, 2.24) is 0 Å². The molecule has 70 valence electrons. The van der Waals surface area contributed by atoms with Crippen LogP contribution in [0.4, 0.5) is 17.6 Å². The highest BCUT2D eigenvalue weighted by molar-refractivity contribution is 5.81. The van der Waals surface area contributed by atoms with Gasteiger partial charge in [0, 0.05) is 13.0 Å². The van der Waals surface area contributed by atoms with E-state index in [9.17, 15) is 22.4 Å². The third-order valence-corrected chi connectivity index (χ3v) is 0.906. The van der Waals surface area contributed by atoms with E-state index in [1.165, 1.54) is 0 Å². The van der Waals surface area contributed by atoms with Gasteiger partial charge in [-0.05, 0) is 0 Å². The minimum Gasteiger partial charge on any atom is -0.393 e. The largest absolute Gasteiger partial charge is 0.466 e. The minimum atomic E-state index is -4.79. The lowest BCUT2D eigenvalue weighted by Crippen LogP contribution is -2.41. The molecule has 0 bridgehead atoms. The minimum absolute atomic E-state index is 0.0522. The Morgan fingerprint density at radius 2 is 1.83 bits per heavy atom. The molecule has 0 aliphatic carbocycles. The van der Waals surface area contributed by atoms with Crippen LogP contribution in [-0.4, -0.2) is 18.0 Å². The monoisotopic (exact) mass is 186 g/mol. The zero-order valence-electron chi connectivity index (χ0n) is 6.11. The average Bonchev–Trinajstić information content (AvgIpc) is 1.84. The van der Waals surface area contributed by atoms with Crippen LogP contribution in [0.5, 0.6) is 0 Å². The molecule has 0 aliphatic heterocycles. The summed E-state index contributed by atoms with van der Waals surface area (Å²) < 4.78 is 51.2. The predicted octanol–water partition coefficient (Wildman–Crippen LogP) is 1.96. The lowest BCUT2D eigenvalue weighted by Gasteiger charge is -2.21. The normalized spacial score (nSPS) is 12.4. The van der Waals surface area contributed by atoms with Gasteiger partial charge in [0.15, 0.2) is 0 Å². The Bertz CT molecular complexity index is 194. The summed E-state index contributed by atoms with van der Waals surface area (Å²) in [4.78, 5) is 10.1. The van der Waals surface area contributed by atoms with Gasteiger partial charge in [-0.15, -0.1) is 0 Å².